The van der Waals surface area contributed by atoms with Crippen molar-refractivity contribution in [3.05, 3.63) is 11.4 Å². The Morgan fingerprint density at radius 1 is 1.56 bits per heavy atom. The molecule has 0 spiro atoms. The number of ether oxygens (including phenoxy) is 1. The first-order valence-corrected chi connectivity index (χ1v) is 5.99. The number of amides is 1. The molecule has 0 saturated carbocycles. The highest BCUT2D eigenvalue weighted by atomic mass is 16.5. The van der Waals surface area contributed by atoms with Crippen LogP contribution in [0.1, 0.15) is 37.0 Å². The van der Waals surface area contributed by atoms with E-state index in [-0.39, 0.29) is 5.91 Å². The Hall–Kier alpha value is -1.56. The van der Waals surface area contributed by atoms with E-state index < -0.39 is 5.60 Å². The van der Waals surface area contributed by atoms with Crippen molar-refractivity contribution >= 4 is 11.6 Å². The minimum Gasteiger partial charge on any atom is -0.395 e. The quantitative estimate of drug-likeness (QED) is 0.816. The molecule has 0 fully saturated rings. The highest BCUT2D eigenvalue weighted by Crippen LogP contribution is 2.15. The second-order valence-corrected chi connectivity index (χ2v) is 4.85. The Morgan fingerprint density at radius 2 is 2.17 bits per heavy atom. The van der Waals surface area contributed by atoms with Gasteiger partial charge in [0.2, 0.25) is 0 Å². The van der Waals surface area contributed by atoms with Crippen molar-refractivity contribution in [1.82, 2.24) is 15.1 Å². The van der Waals surface area contributed by atoms with Gasteiger partial charge >= 0.3 is 0 Å². The lowest BCUT2D eigenvalue weighted by Gasteiger charge is -2.24. The molecule has 1 heterocycles. The van der Waals surface area contributed by atoms with Crippen LogP contribution in [0.5, 0.6) is 0 Å². The van der Waals surface area contributed by atoms with E-state index in [1.54, 1.807) is 14.0 Å². The molecule has 1 aromatic heterocycles. The normalized spacial score (nSPS) is 11.6. The van der Waals surface area contributed by atoms with Gasteiger partial charge in [-0.1, -0.05) is 0 Å². The molecule has 0 aliphatic rings. The highest BCUT2D eigenvalue weighted by molar-refractivity contribution is 5.97. The zero-order valence-corrected chi connectivity index (χ0v) is 11.7. The molecule has 6 nitrogen and oxygen atoms in total. The van der Waals surface area contributed by atoms with Crippen LogP contribution >= 0.6 is 0 Å². The minimum absolute atomic E-state index is 0.233. The van der Waals surface area contributed by atoms with Crippen LogP contribution in [0.25, 0.3) is 0 Å². The number of nitrogens with two attached hydrogens (primary N) is 1. The summed E-state index contributed by atoms with van der Waals surface area (Å²) in [5.41, 5.74) is 6.90. The lowest BCUT2D eigenvalue weighted by molar-refractivity contribution is -0.00821. The summed E-state index contributed by atoms with van der Waals surface area (Å²) < 4.78 is 7.01. The fraction of sp³-hybridized carbons (Fsp3) is 0.667. The second kappa shape index (κ2) is 5.39. The Labute approximate surface area is 107 Å². The number of anilines is 1. The molecule has 1 rings (SSSR count). The van der Waals surface area contributed by atoms with E-state index >= 15 is 0 Å². The SMILES string of the molecule is CCOC(C)(C)CNC(=O)c1c(N)c(C)nn1C. The van der Waals surface area contributed by atoms with Gasteiger partial charge in [-0.05, 0) is 27.7 Å². The zero-order valence-electron chi connectivity index (χ0n) is 11.7. The summed E-state index contributed by atoms with van der Waals surface area (Å²) >= 11 is 0. The average Bonchev–Trinajstić information content (AvgIpc) is 2.50. The topological polar surface area (TPSA) is 82.2 Å². The van der Waals surface area contributed by atoms with Crippen molar-refractivity contribution in [3.8, 4) is 0 Å². The number of hydrogen-bond donors (Lipinski definition) is 2. The molecule has 0 saturated heterocycles. The third-order valence-electron chi connectivity index (χ3n) is 2.69. The molecular weight excluding hydrogens is 232 g/mol. The Balaban J connectivity index is 2.72. The summed E-state index contributed by atoms with van der Waals surface area (Å²) in [6.45, 7) is 8.57. The molecule has 0 aliphatic heterocycles. The van der Waals surface area contributed by atoms with Gasteiger partial charge in [0.1, 0.15) is 5.69 Å². The fourth-order valence-electron chi connectivity index (χ4n) is 1.76. The predicted molar refractivity (Wildman–Crippen MR) is 70.4 cm³/mol. The lowest BCUT2D eigenvalue weighted by Crippen LogP contribution is -2.41. The van der Waals surface area contributed by atoms with Crippen LogP contribution in [0.4, 0.5) is 5.69 Å². The summed E-state index contributed by atoms with van der Waals surface area (Å²) in [5.74, 6) is -0.233. The summed E-state index contributed by atoms with van der Waals surface area (Å²) in [5, 5.41) is 6.93. The first-order valence-electron chi connectivity index (χ1n) is 5.99. The van der Waals surface area contributed by atoms with Crippen molar-refractivity contribution in [2.45, 2.75) is 33.3 Å². The molecule has 18 heavy (non-hydrogen) atoms. The van der Waals surface area contributed by atoms with Gasteiger partial charge < -0.3 is 15.8 Å². The van der Waals surface area contributed by atoms with E-state index in [0.717, 1.165) is 0 Å². The maximum Gasteiger partial charge on any atom is 0.271 e. The summed E-state index contributed by atoms with van der Waals surface area (Å²) in [6.07, 6.45) is 0. The van der Waals surface area contributed by atoms with Crippen molar-refractivity contribution in [1.29, 1.82) is 0 Å². The number of aromatic nitrogens is 2. The van der Waals surface area contributed by atoms with Crippen molar-refractivity contribution in [2.75, 3.05) is 18.9 Å². The van der Waals surface area contributed by atoms with Crippen molar-refractivity contribution < 1.29 is 9.53 Å². The van der Waals surface area contributed by atoms with E-state index in [9.17, 15) is 4.79 Å². The molecule has 3 N–H and O–H groups in total. The maximum atomic E-state index is 12.0. The molecule has 102 valence electrons. The van der Waals surface area contributed by atoms with E-state index in [0.29, 0.717) is 30.2 Å². The van der Waals surface area contributed by atoms with Gasteiger partial charge in [-0.2, -0.15) is 5.10 Å². The Bertz CT molecular complexity index is 438. The van der Waals surface area contributed by atoms with Crippen molar-refractivity contribution in [3.63, 3.8) is 0 Å². The van der Waals surface area contributed by atoms with Crippen molar-refractivity contribution in [2.24, 2.45) is 7.05 Å². The van der Waals surface area contributed by atoms with Gasteiger partial charge in [0.25, 0.3) is 5.91 Å². The monoisotopic (exact) mass is 254 g/mol. The summed E-state index contributed by atoms with van der Waals surface area (Å²) in [7, 11) is 1.70. The van der Waals surface area contributed by atoms with Crippen LogP contribution in [-0.4, -0.2) is 34.4 Å². The van der Waals surface area contributed by atoms with Crippen LogP contribution < -0.4 is 11.1 Å². The van der Waals surface area contributed by atoms with E-state index in [1.807, 2.05) is 20.8 Å². The van der Waals surface area contributed by atoms with Gasteiger partial charge in [0.05, 0.1) is 17.0 Å². The molecule has 1 aromatic rings. The molecular formula is C12H22N4O2. The van der Waals surface area contributed by atoms with E-state index in [1.165, 1.54) is 4.68 Å². The highest BCUT2D eigenvalue weighted by Gasteiger charge is 2.22. The molecule has 0 aromatic carbocycles. The standard InChI is InChI=1S/C12H22N4O2/c1-6-18-12(3,4)7-14-11(17)10-9(13)8(2)15-16(10)5/h6-7,13H2,1-5H3,(H,14,17). The van der Waals surface area contributed by atoms with Gasteiger partial charge in [-0.3, -0.25) is 9.48 Å². The molecule has 1 amide bonds. The van der Waals surface area contributed by atoms with E-state index in [2.05, 4.69) is 10.4 Å². The molecule has 0 atom stereocenters. The Kier molecular flexibility index (Phi) is 4.34. The number of aryl methyl sites for hydroxylation is 2. The number of rotatable bonds is 5. The largest absolute Gasteiger partial charge is 0.395 e. The number of nitrogens with one attached hydrogen (secondary N) is 1. The zero-order chi connectivity index (χ0) is 13.9. The predicted octanol–water partition coefficient (Wildman–Crippen LogP) is 0.856. The minimum atomic E-state index is -0.396. The summed E-state index contributed by atoms with van der Waals surface area (Å²) in [4.78, 5) is 12.0. The molecule has 0 radical (unpaired) electrons. The van der Waals surface area contributed by atoms with Crippen LogP contribution in [0, 0.1) is 6.92 Å². The maximum absolute atomic E-state index is 12.0. The van der Waals surface area contributed by atoms with Crippen LogP contribution in [-0.2, 0) is 11.8 Å². The van der Waals surface area contributed by atoms with Crippen LogP contribution in [0.15, 0.2) is 0 Å². The van der Waals surface area contributed by atoms with Gasteiger partial charge in [-0.25, -0.2) is 0 Å². The van der Waals surface area contributed by atoms with Crippen LogP contribution in [0.2, 0.25) is 0 Å². The summed E-state index contributed by atoms with van der Waals surface area (Å²) in [6, 6.07) is 0. The molecule has 0 unspecified atom stereocenters. The van der Waals surface area contributed by atoms with Gasteiger partial charge in [0.15, 0.2) is 0 Å². The number of carbonyl (C=O) groups is 1. The molecule has 0 bridgehead atoms. The smallest absolute Gasteiger partial charge is 0.271 e. The number of nitrogens with zero attached hydrogens (tertiary/aromatic N) is 2. The fourth-order valence-corrected chi connectivity index (χ4v) is 1.76. The lowest BCUT2D eigenvalue weighted by atomic mass is 10.1. The first kappa shape index (κ1) is 14.5. The Morgan fingerprint density at radius 3 is 2.61 bits per heavy atom. The van der Waals surface area contributed by atoms with Crippen LogP contribution in [0.3, 0.4) is 0 Å². The van der Waals surface area contributed by atoms with E-state index in [4.69, 9.17) is 10.5 Å². The number of nitrogen functional groups attached to an aromatic ring is 1. The second-order valence-electron chi connectivity index (χ2n) is 4.85. The molecule has 6 heteroatoms. The third kappa shape index (κ3) is 3.22. The first-order chi connectivity index (χ1) is 8.28. The number of carbonyl (C=O) groups excluding carboxylic acids is 1. The third-order valence-corrected chi connectivity index (χ3v) is 2.69. The van der Waals surface area contributed by atoms with Gasteiger partial charge in [-0.15, -0.1) is 0 Å². The van der Waals surface area contributed by atoms with Gasteiger partial charge in [0, 0.05) is 20.2 Å². The average molecular weight is 254 g/mol. The molecule has 0 aliphatic carbocycles. The number of hydrogen-bond acceptors (Lipinski definition) is 4.